The molecule has 1 aromatic heterocycles. The van der Waals surface area contributed by atoms with Gasteiger partial charge in [-0.05, 0) is 62.6 Å². The summed E-state index contributed by atoms with van der Waals surface area (Å²) in [5.74, 6) is 0.373. The highest BCUT2D eigenvalue weighted by molar-refractivity contribution is 7.15. The van der Waals surface area contributed by atoms with E-state index in [-0.39, 0.29) is 11.9 Å². The van der Waals surface area contributed by atoms with Gasteiger partial charge in [0.15, 0.2) is 5.13 Å². The summed E-state index contributed by atoms with van der Waals surface area (Å²) in [6, 6.07) is 13.7. The highest BCUT2D eigenvalue weighted by Gasteiger charge is 2.16. The number of anilines is 2. The molecule has 3 aromatic rings. The lowest BCUT2D eigenvalue weighted by Gasteiger charge is -2.26. The van der Waals surface area contributed by atoms with Crippen molar-refractivity contribution in [2.24, 2.45) is 0 Å². The molecule has 0 spiro atoms. The third-order valence-electron chi connectivity index (χ3n) is 5.65. The van der Waals surface area contributed by atoms with Crippen molar-refractivity contribution in [3.8, 4) is 5.75 Å². The molecule has 0 aliphatic heterocycles. The lowest BCUT2D eigenvalue weighted by molar-refractivity contribution is -0.140. The van der Waals surface area contributed by atoms with Crippen molar-refractivity contribution in [3.05, 3.63) is 69.7 Å². The summed E-state index contributed by atoms with van der Waals surface area (Å²) < 4.78 is 10.0. The van der Waals surface area contributed by atoms with E-state index in [9.17, 15) is 9.59 Å². The van der Waals surface area contributed by atoms with Gasteiger partial charge in [-0.2, -0.15) is 0 Å². The van der Waals surface area contributed by atoms with Crippen LogP contribution in [0.25, 0.3) is 0 Å². The minimum Gasteiger partial charge on any atom is -0.497 e. The molecule has 2 aromatic carbocycles. The van der Waals surface area contributed by atoms with Crippen LogP contribution < -0.4 is 15.0 Å². The zero-order chi connectivity index (χ0) is 24.7. The summed E-state index contributed by atoms with van der Waals surface area (Å²) in [7, 11) is 3.04. The van der Waals surface area contributed by atoms with E-state index in [2.05, 4.69) is 15.2 Å². The molecule has 0 bridgehead atoms. The zero-order valence-electron chi connectivity index (χ0n) is 20.3. The molecule has 7 nitrogen and oxygen atoms in total. The zero-order valence-corrected chi connectivity index (χ0v) is 21.1. The molecule has 0 saturated heterocycles. The number of thiazole rings is 1. The molecule has 180 valence electrons. The van der Waals surface area contributed by atoms with Gasteiger partial charge in [0.05, 0.1) is 19.9 Å². The standard InChI is InChI=1S/C26H31N3O4S/c1-17-8-11-21(15-23(17)25(31)28-26-27-18(2)19(3)34-26)29(14-6-7-24(30)33-5)16-20-9-12-22(32-4)13-10-20/h8-13,15H,6-7,14,16H2,1-5H3,(H,27,28,31). The van der Waals surface area contributed by atoms with Crippen molar-refractivity contribution < 1.29 is 19.1 Å². The molecular formula is C26H31N3O4S. The van der Waals surface area contributed by atoms with Crippen molar-refractivity contribution in [3.63, 3.8) is 0 Å². The average molecular weight is 482 g/mol. The number of carbonyl (C=O) groups is 2. The first-order chi connectivity index (χ1) is 16.3. The Morgan fingerprint density at radius 1 is 1.06 bits per heavy atom. The molecule has 0 atom stereocenters. The number of methoxy groups -OCH3 is 2. The number of esters is 1. The molecule has 0 unspecified atom stereocenters. The SMILES string of the molecule is COC(=O)CCCN(Cc1ccc(OC)cc1)c1ccc(C)c(C(=O)Nc2nc(C)c(C)s2)c1. The van der Waals surface area contributed by atoms with Gasteiger partial charge in [-0.15, -0.1) is 11.3 Å². The van der Waals surface area contributed by atoms with Gasteiger partial charge < -0.3 is 14.4 Å². The van der Waals surface area contributed by atoms with E-state index in [1.54, 1.807) is 7.11 Å². The number of nitrogens with zero attached hydrogens (tertiary/aromatic N) is 2. The van der Waals surface area contributed by atoms with E-state index >= 15 is 0 Å². The fourth-order valence-corrected chi connectivity index (χ4v) is 4.32. The first-order valence-corrected chi connectivity index (χ1v) is 11.9. The van der Waals surface area contributed by atoms with E-state index in [1.807, 2.05) is 63.2 Å². The van der Waals surface area contributed by atoms with Crippen LogP contribution in [-0.4, -0.2) is 37.6 Å². The Labute approximate surface area is 204 Å². The van der Waals surface area contributed by atoms with Gasteiger partial charge in [-0.1, -0.05) is 18.2 Å². The fourth-order valence-electron chi connectivity index (χ4n) is 3.51. The fraction of sp³-hybridized carbons (Fsp3) is 0.346. The normalized spacial score (nSPS) is 10.6. The van der Waals surface area contributed by atoms with Crippen LogP contribution in [0.1, 0.15) is 44.9 Å². The van der Waals surface area contributed by atoms with Crippen LogP contribution in [0.4, 0.5) is 10.8 Å². The lowest BCUT2D eigenvalue weighted by Crippen LogP contribution is -2.25. The Bertz CT molecular complexity index is 1120. The number of carbonyl (C=O) groups excluding carboxylic acids is 2. The molecule has 1 amide bonds. The maximum absolute atomic E-state index is 13.1. The number of ether oxygens (including phenoxy) is 2. The Hall–Kier alpha value is -3.39. The van der Waals surface area contributed by atoms with Gasteiger partial charge >= 0.3 is 5.97 Å². The van der Waals surface area contributed by atoms with Gasteiger partial charge in [0.25, 0.3) is 5.91 Å². The second-order valence-corrected chi connectivity index (χ2v) is 9.27. The summed E-state index contributed by atoms with van der Waals surface area (Å²) in [6.45, 7) is 7.09. The summed E-state index contributed by atoms with van der Waals surface area (Å²) >= 11 is 1.47. The maximum Gasteiger partial charge on any atom is 0.305 e. The average Bonchev–Trinajstić information content (AvgIpc) is 3.15. The lowest BCUT2D eigenvalue weighted by atomic mass is 10.1. The van der Waals surface area contributed by atoms with Crippen molar-refractivity contribution in [1.82, 2.24) is 4.98 Å². The Morgan fingerprint density at radius 3 is 2.41 bits per heavy atom. The minimum absolute atomic E-state index is 0.188. The first kappa shape index (κ1) is 25.2. The predicted octanol–water partition coefficient (Wildman–Crippen LogP) is 5.29. The van der Waals surface area contributed by atoms with Crippen molar-refractivity contribution >= 4 is 34.0 Å². The van der Waals surface area contributed by atoms with Crippen LogP contribution in [0.2, 0.25) is 0 Å². The third kappa shape index (κ3) is 6.57. The smallest absolute Gasteiger partial charge is 0.305 e. The minimum atomic E-state index is -0.234. The number of aryl methyl sites for hydroxylation is 3. The van der Waals surface area contributed by atoms with Crippen LogP contribution in [0, 0.1) is 20.8 Å². The molecule has 8 heteroatoms. The first-order valence-electron chi connectivity index (χ1n) is 11.1. The van der Waals surface area contributed by atoms with E-state index in [1.165, 1.54) is 18.4 Å². The Balaban J connectivity index is 1.84. The number of rotatable bonds is 10. The van der Waals surface area contributed by atoms with Crippen molar-refractivity contribution in [2.75, 3.05) is 31.0 Å². The van der Waals surface area contributed by atoms with Crippen molar-refractivity contribution in [1.29, 1.82) is 0 Å². The summed E-state index contributed by atoms with van der Waals surface area (Å²) in [4.78, 5) is 32.4. The molecule has 1 heterocycles. The summed E-state index contributed by atoms with van der Waals surface area (Å²) in [5, 5.41) is 3.53. The maximum atomic E-state index is 13.1. The second-order valence-electron chi connectivity index (χ2n) is 8.06. The molecule has 1 N–H and O–H groups in total. The quantitative estimate of drug-likeness (QED) is 0.396. The van der Waals surface area contributed by atoms with Crippen LogP contribution >= 0.6 is 11.3 Å². The number of amides is 1. The van der Waals surface area contributed by atoms with E-state index < -0.39 is 0 Å². The summed E-state index contributed by atoms with van der Waals surface area (Å²) in [6.07, 6.45) is 0.966. The van der Waals surface area contributed by atoms with Gasteiger partial charge in [-0.3, -0.25) is 14.9 Å². The molecule has 3 rings (SSSR count). The van der Waals surface area contributed by atoms with Crippen molar-refractivity contribution in [2.45, 2.75) is 40.2 Å². The highest BCUT2D eigenvalue weighted by Crippen LogP contribution is 2.26. The Kier molecular flexibility index (Phi) is 8.65. The summed E-state index contributed by atoms with van der Waals surface area (Å²) in [5.41, 5.74) is 4.39. The van der Waals surface area contributed by atoms with Gasteiger partial charge in [0.2, 0.25) is 0 Å². The van der Waals surface area contributed by atoms with Crippen LogP contribution in [-0.2, 0) is 16.1 Å². The topological polar surface area (TPSA) is 80.8 Å². The van der Waals surface area contributed by atoms with Gasteiger partial charge in [0.1, 0.15) is 5.75 Å². The molecule has 0 fully saturated rings. The molecule has 0 saturated carbocycles. The molecule has 0 aliphatic rings. The number of nitrogens with one attached hydrogen (secondary N) is 1. The highest BCUT2D eigenvalue weighted by atomic mass is 32.1. The van der Waals surface area contributed by atoms with Crippen LogP contribution in [0.5, 0.6) is 5.75 Å². The monoisotopic (exact) mass is 481 g/mol. The largest absolute Gasteiger partial charge is 0.497 e. The van der Waals surface area contributed by atoms with E-state index in [4.69, 9.17) is 9.47 Å². The third-order valence-corrected chi connectivity index (χ3v) is 6.64. The molecule has 0 radical (unpaired) electrons. The number of hydrogen-bond donors (Lipinski definition) is 1. The number of benzene rings is 2. The number of hydrogen-bond acceptors (Lipinski definition) is 7. The molecule has 34 heavy (non-hydrogen) atoms. The van der Waals surface area contributed by atoms with E-state index in [0.717, 1.165) is 33.1 Å². The van der Waals surface area contributed by atoms with Gasteiger partial charge in [0, 0.05) is 35.6 Å². The molecular weight excluding hydrogens is 450 g/mol. The van der Waals surface area contributed by atoms with E-state index in [0.29, 0.717) is 36.6 Å². The van der Waals surface area contributed by atoms with Gasteiger partial charge in [-0.25, -0.2) is 4.98 Å². The predicted molar refractivity (Wildman–Crippen MR) is 136 cm³/mol. The second kappa shape index (κ2) is 11.7. The number of aromatic nitrogens is 1. The Morgan fingerprint density at radius 2 is 1.79 bits per heavy atom. The van der Waals surface area contributed by atoms with Crippen LogP contribution in [0.15, 0.2) is 42.5 Å². The molecule has 0 aliphatic carbocycles. The van der Waals surface area contributed by atoms with Crippen LogP contribution in [0.3, 0.4) is 0 Å².